The second kappa shape index (κ2) is 9.31. The van der Waals surface area contributed by atoms with E-state index < -0.39 is 0 Å². The van der Waals surface area contributed by atoms with Crippen LogP contribution in [0.2, 0.25) is 0 Å². The zero-order chi connectivity index (χ0) is 16.5. The van der Waals surface area contributed by atoms with Crippen molar-refractivity contribution in [3.05, 3.63) is 65.7 Å². The van der Waals surface area contributed by atoms with Gasteiger partial charge >= 0.3 is 0 Å². The van der Waals surface area contributed by atoms with Gasteiger partial charge in [0, 0.05) is 12.2 Å². The van der Waals surface area contributed by atoms with Crippen molar-refractivity contribution >= 4 is 23.0 Å². The molecule has 0 unspecified atom stereocenters. The third kappa shape index (κ3) is 6.03. The molecule has 0 saturated carbocycles. The van der Waals surface area contributed by atoms with Gasteiger partial charge in [0.05, 0.1) is 0 Å². The lowest BCUT2D eigenvalue weighted by atomic mass is 9.99. The maximum atomic E-state index is 5.35. The largest absolute Gasteiger partial charge is 0.362 e. The molecule has 2 aromatic rings. The Kier molecular flexibility index (Phi) is 7.08. The zero-order valence-corrected chi connectivity index (χ0v) is 14.8. The van der Waals surface area contributed by atoms with Gasteiger partial charge in [-0.3, -0.25) is 0 Å². The topological polar surface area (TPSA) is 24.1 Å². The predicted octanol–water partition coefficient (Wildman–Crippen LogP) is 5.12. The molecular formula is C20H26N2S. The number of benzene rings is 2. The van der Waals surface area contributed by atoms with Crippen LogP contribution in [0.1, 0.15) is 43.7 Å². The number of anilines is 1. The van der Waals surface area contributed by atoms with Gasteiger partial charge in [0.25, 0.3) is 0 Å². The van der Waals surface area contributed by atoms with Crippen LogP contribution in [0.3, 0.4) is 0 Å². The summed E-state index contributed by atoms with van der Waals surface area (Å²) in [6, 6.07) is 19.1. The van der Waals surface area contributed by atoms with E-state index in [9.17, 15) is 0 Å². The molecule has 0 radical (unpaired) electrons. The summed E-state index contributed by atoms with van der Waals surface area (Å²) < 4.78 is 0. The van der Waals surface area contributed by atoms with Crippen LogP contribution < -0.4 is 10.6 Å². The first-order valence-electron chi connectivity index (χ1n) is 8.37. The monoisotopic (exact) mass is 326 g/mol. The zero-order valence-electron chi connectivity index (χ0n) is 14.0. The van der Waals surface area contributed by atoms with E-state index in [0.717, 1.165) is 31.5 Å². The van der Waals surface area contributed by atoms with Gasteiger partial charge in [0.1, 0.15) is 0 Å². The lowest BCUT2D eigenvalue weighted by Gasteiger charge is -2.13. The van der Waals surface area contributed by atoms with Gasteiger partial charge in [-0.15, -0.1) is 0 Å². The average molecular weight is 327 g/mol. The van der Waals surface area contributed by atoms with Crippen molar-refractivity contribution in [2.24, 2.45) is 0 Å². The molecule has 0 aliphatic rings. The van der Waals surface area contributed by atoms with Crippen molar-refractivity contribution in [3.63, 3.8) is 0 Å². The third-order valence-corrected chi connectivity index (χ3v) is 4.37. The smallest absolute Gasteiger partial charge is 0.170 e. The summed E-state index contributed by atoms with van der Waals surface area (Å²) in [6.07, 6.45) is 3.30. The van der Waals surface area contributed by atoms with Crippen molar-refractivity contribution in [1.29, 1.82) is 0 Å². The number of rotatable bonds is 7. The van der Waals surface area contributed by atoms with Crippen LogP contribution in [0, 0.1) is 0 Å². The van der Waals surface area contributed by atoms with E-state index in [1.807, 2.05) is 6.07 Å². The van der Waals surface area contributed by atoms with Gasteiger partial charge in [-0.05, 0) is 60.7 Å². The first-order chi connectivity index (χ1) is 11.2. The molecule has 2 nitrogen and oxygen atoms in total. The normalized spacial score (nSPS) is 11.7. The summed E-state index contributed by atoms with van der Waals surface area (Å²) in [5, 5.41) is 7.20. The van der Waals surface area contributed by atoms with Crippen molar-refractivity contribution in [2.75, 3.05) is 11.9 Å². The van der Waals surface area contributed by atoms with Crippen LogP contribution in [-0.4, -0.2) is 11.7 Å². The van der Waals surface area contributed by atoms with Crippen LogP contribution in [0.5, 0.6) is 0 Å². The molecule has 0 amide bonds. The fraction of sp³-hybridized carbons (Fsp3) is 0.350. The Balaban J connectivity index is 1.70. The van der Waals surface area contributed by atoms with Gasteiger partial charge in [-0.1, -0.05) is 56.3 Å². The molecule has 2 rings (SSSR count). The van der Waals surface area contributed by atoms with E-state index in [-0.39, 0.29) is 0 Å². The minimum absolute atomic E-state index is 0.604. The van der Waals surface area contributed by atoms with E-state index in [1.165, 1.54) is 11.1 Å². The molecule has 2 N–H and O–H groups in total. The summed E-state index contributed by atoms with van der Waals surface area (Å²) in [4.78, 5) is 0. The summed E-state index contributed by atoms with van der Waals surface area (Å²) in [5.41, 5.74) is 3.78. The molecule has 0 saturated heterocycles. The Bertz CT molecular complexity index is 593. The van der Waals surface area contributed by atoms with E-state index in [1.54, 1.807) is 0 Å². The number of nitrogens with one attached hydrogen (secondary N) is 2. The molecule has 0 spiro atoms. The molecule has 0 bridgehead atoms. The molecular weight excluding hydrogens is 300 g/mol. The van der Waals surface area contributed by atoms with E-state index >= 15 is 0 Å². The fourth-order valence-electron chi connectivity index (χ4n) is 2.45. The number of aryl methyl sites for hydroxylation is 1. The summed E-state index contributed by atoms with van der Waals surface area (Å²) in [5.74, 6) is 0.604. The predicted molar refractivity (Wildman–Crippen MR) is 104 cm³/mol. The van der Waals surface area contributed by atoms with Crippen LogP contribution in [0.15, 0.2) is 54.6 Å². The van der Waals surface area contributed by atoms with Gasteiger partial charge in [-0.2, -0.15) is 0 Å². The van der Waals surface area contributed by atoms with Gasteiger partial charge in [0.2, 0.25) is 0 Å². The second-order valence-electron chi connectivity index (χ2n) is 5.90. The lowest BCUT2D eigenvalue weighted by Crippen LogP contribution is -2.29. The van der Waals surface area contributed by atoms with Gasteiger partial charge in [0.15, 0.2) is 5.11 Å². The molecule has 0 fully saturated rings. The first kappa shape index (κ1) is 17.5. The van der Waals surface area contributed by atoms with Crippen LogP contribution in [-0.2, 0) is 6.42 Å². The minimum atomic E-state index is 0.604. The molecule has 2 aromatic carbocycles. The molecule has 3 heteroatoms. The SMILES string of the molecule is CC[C@@H](C)c1ccc(NC(=S)NCCCc2ccccc2)cc1. The highest BCUT2D eigenvalue weighted by molar-refractivity contribution is 7.80. The minimum Gasteiger partial charge on any atom is -0.362 e. The second-order valence-corrected chi connectivity index (χ2v) is 6.31. The highest BCUT2D eigenvalue weighted by Crippen LogP contribution is 2.20. The Morgan fingerprint density at radius 1 is 1.04 bits per heavy atom. The standard InChI is InChI=1S/C20H26N2S/c1-3-16(2)18-11-13-19(14-12-18)22-20(23)21-15-7-10-17-8-5-4-6-9-17/h4-6,8-9,11-14,16H,3,7,10,15H2,1-2H3,(H2,21,22,23)/t16-/m1/s1. The maximum absolute atomic E-state index is 5.35. The van der Waals surface area contributed by atoms with Crippen molar-refractivity contribution in [1.82, 2.24) is 5.32 Å². The lowest BCUT2D eigenvalue weighted by molar-refractivity contribution is 0.734. The average Bonchev–Trinajstić information content (AvgIpc) is 2.59. The Morgan fingerprint density at radius 3 is 2.39 bits per heavy atom. The van der Waals surface area contributed by atoms with E-state index in [4.69, 9.17) is 12.2 Å². The summed E-state index contributed by atoms with van der Waals surface area (Å²) >= 11 is 5.35. The molecule has 0 heterocycles. The molecule has 1 atom stereocenters. The number of hydrogen-bond acceptors (Lipinski definition) is 1. The molecule has 0 aliphatic heterocycles. The van der Waals surface area contributed by atoms with Gasteiger partial charge < -0.3 is 10.6 Å². The van der Waals surface area contributed by atoms with Crippen molar-refractivity contribution in [2.45, 2.75) is 39.0 Å². The number of thiocarbonyl (C=S) groups is 1. The van der Waals surface area contributed by atoms with Gasteiger partial charge in [-0.25, -0.2) is 0 Å². The Hall–Kier alpha value is -1.87. The van der Waals surface area contributed by atoms with Crippen LogP contribution >= 0.6 is 12.2 Å². The highest BCUT2D eigenvalue weighted by atomic mass is 32.1. The Labute approximate surface area is 145 Å². The Morgan fingerprint density at radius 2 is 1.74 bits per heavy atom. The molecule has 0 aliphatic carbocycles. The molecule has 122 valence electrons. The maximum Gasteiger partial charge on any atom is 0.170 e. The molecule has 0 aromatic heterocycles. The summed E-state index contributed by atoms with van der Waals surface area (Å²) in [6.45, 7) is 5.35. The fourth-order valence-corrected chi connectivity index (χ4v) is 2.66. The first-order valence-corrected chi connectivity index (χ1v) is 8.78. The van der Waals surface area contributed by atoms with Crippen molar-refractivity contribution in [3.8, 4) is 0 Å². The third-order valence-electron chi connectivity index (χ3n) is 4.12. The van der Waals surface area contributed by atoms with Crippen LogP contribution in [0.25, 0.3) is 0 Å². The highest BCUT2D eigenvalue weighted by Gasteiger charge is 2.03. The summed E-state index contributed by atoms with van der Waals surface area (Å²) in [7, 11) is 0. The van der Waals surface area contributed by atoms with E-state index in [2.05, 4.69) is 73.0 Å². The van der Waals surface area contributed by atoms with E-state index in [0.29, 0.717) is 11.0 Å². The van der Waals surface area contributed by atoms with Crippen molar-refractivity contribution < 1.29 is 0 Å². The van der Waals surface area contributed by atoms with Crippen LogP contribution in [0.4, 0.5) is 5.69 Å². The quantitative estimate of drug-likeness (QED) is 0.545. The number of hydrogen-bond donors (Lipinski definition) is 2. The molecule has 23 heavy (non-hydrogen) atoms.